The van der Waals surface area contributed by atoms with Gasteiger partial charge in [-0.2, -0.15) is 9.61 Å². The minimum atomic E-state index is -0.255. The molecular formula is C21H26BrClN6O. The van der Waals surface area contributed by atoms with E-state index in [0.717, 1.165) is 28.0 Å². The van der Waals surface area contributed by atoms with Gasteiger partial charge in [0.2, 0.25) is 0 Å². The molecule has 2 aromatic heterocycles. The third-order valence-electron chi connectivity index (χ3n) is 4.38. The third-order valence-corrected chi connectivity index (χ3v) is 5.27. The Morgan fingerprint density at radius 3 is 2.73 bits per heavy atom. The number of urea groups is 1. The molecule has 0 bridgehead atoms. The second-order valence-corrected chi connectivity index (χ2v) is 9.38. The maximum Gasteiger partial charge on any atom is 0.317 e. The number of halogens is 2. The van der Waals surface area contributed by atoms with Crippen LogP contribution in [0, 0.1) is 0 Å². The Morgan fingerprint density at radius 1 is 1.30 bits per heavy atom. The first kappa shape index (κ1) is 22.4. The van der Waals surface area contributed by atoms with Gasteiger partial charge in [-0.15, -0.1) is 0 Å². The van der Waals surface area contributed by atoms with E-state index in [2.05, 4.69) is 31.7 Å². The van der Waals surface area contributed by atoms with Crippen molar-refractivity contribution in [3.8, 4) is 11.3 Å². The summed E-state index contributed by atoms with van der Waals surface area (Å²) in [5, 5.41) is 11.4. The van der Waals surface area contributed by atoms with Crippen molar-refractivity contribution in [1.29, 1.82) is 0 Å². The molecule has 1 aromatic carbocycles. The van der Waals surface area contributed by atoms with E-state index in [9.17, 15) is 4.79 Å². The maximum atomic E-state index is 12.2. The Hall–Kier alpha value is -2.32. The van der Waals surface area contributed by atoms with Crippen LogP contribution in [0.1, 0.15) is 27.2 Å². The number of amides is 2. The number of hydrogen-bond donors (Lipinski definition) is 2. The van der Waals surface area contributed by atoms with Crippen LogP contribution >= 0.6 is 27.5 Å². The predicted octanol–water partition coefficient (Wildman–Crippen LogP) is 5.05. The van der Waals surface area contributed by atoms with E-state index in [1.54, 1.807) is 22.7 Å². The molecule has 2 heterocycles. The minimum Gasteiger partial charge on any atom is -0.370 e. The lowest BCUT2D eigenvalue weighted by Crippen LogP contribution is -2.47. The van der Waals surface area contributed by atoms with Crippen LogP contribution in [-0.2, 0) is 0 Å². The molecule has 3 aromatic rings. The summed E-state index contributed by atoms with van der Waals surface area (Å²) in [6, 6.07) is 9.47. The van der Waals surface area contributed by atoms with E-state index in [4.69, 9.17) is 16.6 Å². The van der Waals surface area contributed by atoms with Crippen LogP contribution in [0.25, 0.3) is 16.9 Å². The van der Waals surface area contributed by atoms with Crippen LogP contribution in [0.2, 0.25) is 5.02 Å². The van der Waals surface area contributed by atoms with Gasteiger partial charge in [-0.3, -0.25) is 0 Å². The Labute approximate surface area is 189 Å². The number of benzene rings is 1. The number of nitrogens with one attached hydrogen (secondary N) is 2. The van der Waals surface area contributed by atoms with Crippen LogP contribution < -0.4 is 10.6 Å². The average Bonchev–Trinajstić information content (AvgIpc) is 3.05. The third kappa shape index (κ3) is 5.43. The van der Waals surface area contributed by atoms with Gasteiger partial charge in [-0.05, 0) is 49.2 Å². The van der Waals surface area contributed by atoms with Gasteiger partial charge in [0.25, 0.3) is 0 Å². The summed E-state index contributed by atoms with van der Waals surface area (Å²) in [5.41, 5.74) is 2.07. The molecule has 2 amide bonds. The summed E-state index contributed by atoms with van der Waals surface area (Å²) in [6.07, 6.45) is 2.50. The molecule has 0 unspecified atom stereocenters. The summed E-state index contributed by atoms with van der Waals surface area (Å²) in [6.45, 7) is 7.20. The van der Waals surface area contributed by atoms with Crippen LogP contribution in [0.5, 0.6) is 0 Å². The zero-order chi connectivity index (χ0) is 21.9. The topological polar surface area (TPSA) is 74.6 Å². The molecule has 0 radical (unpaired) electrons. The first-order valence-electron chi connectivity index (χ1n) is 9.72. The van der Waals surface area contributed by atoms with Crippen molar-refractivity contribution in [2.75, 3.05) is 25.5 Å². The zero-order valence-electron chi connectivity index (χ0n) is 17.5. The van der Waals surface area contributed by atoms with E-state index in [0.29, 0.717) is 23.8 Å². The molecule has 0 aliphatic rings. The van der Waals surface area contributed by atoms with E-state index < -0.39 is 0 Å². The maximum absolute atomic E-state index is 12.2. The SMILES string of the molecule is CN(CCCNc1cc(-c2ccccc2Cl)nc2c(Br)cnn12)C(=O)NC(C)(C)C. The Bertz CT molecular complexity index is 1050. The Kier molecular flexibility index (Phi) is 6.88. The Balaban J connectivity index is 1.72. The van der Waals surface area contributed by atoms with E-state index >= 15 is 0 Å². The molecule has 9 heteroatoms. The lowest BCUT2D eigenvalue weighted by Gasteiger charge is -2.25. The molecule has 0 saturated carbocycles. The summed E-state index contributed by atoms with van der Waals surface area (Å²) in [4.78, 5) is 18.6. The molecule has 7 nitrogen and oxygen atoms in total. The lowest BCUT2D eigenvalue weighted by molar-refractivity contribution is 0.199. The number of hydrogen-bond acceptors (Lipinski definition) is 4. The smallest absolute Gasteiger partial charge is 0.317 e. The highest BCUT2D eigenvalue weighted by Crippen LogP contribution is 2.30. The second kappa shape index (κ2) is 9.22. The fourth-order valence-corrected chi connectivity index (χ4v) is 3.50. The van der Waals surface area contributed by atoms with Crippen molar-refractivity contribution in [3.05, 3.63) is 46.0 Å². The number of fused-ring (bicyclic) bond motifs is 1. The van der Waals surface area contributed by atoms with Crippen LogP contribution in [0.3, 0.4) is 0 Å². The van der Waals surface area contributed by atoms with Crippen LogP contribution in [0.4, 0.5) is 10.6 Å². The van der Waals surface area contributed by atoms with Crippen molar-refractivity contribution in [2.45, 2.75) is 32.7 Å². The van der Waals surface area contributed by atoms with Gasteiger partial charge in [0.1, 0.15) is 5.82 Å². The molecule has 0 saturated heterocycles. The monoisotopic (exact) mass is 492 g/mol. The summed E-state index contributed by atoms with van der Waals surface area (Å²) < 4.78 is 2.55. The molecule has 3 rings (SSSR count). The molecule has 2 N–H and O–H groups in total. The average molecular weight is 494 g/mol. The highest BCUT2D eigenvalue weighted by atomic mass is 79.9. The molecule has 160 valence electrons. The number of nitrogens with zero attached hydrogens (tertiary/aromatic N) is 4. The van der Waals surface area contributed by atoms with E-state index in [1.807, 2.05) is 51.1 Å². The van der Waals surface area contributed by atoms with Gasteiger partial charge in [-0.25, -0.2) is 9.78 Å². The number of carbonyl (C=O) groups excluding carboxylic acids is 1. The quantitative estimate of drug-likeness (QED) is 0.471. The van der Waals surface area contributed by atoms with Gasteiger partial charge in [-0.1, -0.05) is 29.8 Å². The number of aromatic nitrogens is 3. The summed E-state index contributed by atoms with van der Waals surface area (Å²) >= 11 is 9.88. The molecule has 0 aliphatic heterocycles. The first-order valence-corrected chi connectivity index (χ1v) is 10.9. The summed E-state index contributed by atoms with van der Waals surface area (Å²) in [7, 11) is 1.80. The van der Waals surface area contributed by atoms with Crippen molar-refractivity contribution < 1.29 is 4.79 Å². The number of anilines is 1. The molecule has 0 aliphatic carbocycles. The highest BCUT2D eigenvalue weighted by Gasteiger charge is 2.17. The summed E-state index contributed by atoms with van der Waals surface area (Å²) in [5.74, 6) is 0.808. The second-order valence-electron chi connectivity index (χ2n) is 8.12. The van der Waals surface area contributed by atoms with Crippen molar-refractivity contribution >= 4 is 45.0 Å². The van der Waals surface area contributed by atoms with E-state index in [1.165, 1.54) is 0 Å². The van der Waals surface area contributed by atoms with Crippen LogP contribution in [0.15, 0.2) is 41.0 Å². The van der Waals surface area contributed by atoms with Crippen molar-refractivity contribution in [2.24, 2.45) is 0 Å². The largest absolute Gasteiger partial charge is 0.370 e. The molecular weight excluding hydrogens is 468 g/mol. The molecule has 0 fully saturated rings. The first-order chi connectivity index (χ1) is 14.2. The highest BCUT2D eigenvalue weighted by molar-refractivity contribution is 9.10. The number of rotatable bonds is 6. The minimum absolute atomic E-state index is 0.0779. The normalized spacial score (nSPS) is 11.5. The van der Waals surface area contributed by atoms with Crippen molar-refractivity contribution in [1.82, 2.24) is 24.8 Å². The van der Waals surface area contributed by atoms with E-state index in [-0.39, 0.29) is 11.6 Å². The molecule has 30 heavy (non-hydrogen) atoms. The van der Waals surface area contributed by atoms with Gasteiger partial charge in [0.05, 0.1) is 16.4 Å². The Morgan fingerprint density at radius 2 is 2.03 bits per heavy atom. The lowest BCUT2D eigenvalue weighted by atomic mass is 10.1. The van der Waals surface area contributed by atoms with Gasteiger partial charge >= 0.3 is 6.03 Å². The van der Waals surface area contributed by atoms with Crippen LogP contribution in [-0.4, -0.2) is 51.2 Å². The van der Waals surface area contributed by atoms with Gasteiger partial charge in [0, 0.05) is 42.3 Å². The fourth-order valence-electron chi connectivity index (χ4n) is 2.92. The van der Waals surface area contributed by atoms with Gasteiger partial charge in [0.15, 0.2) is 5.65 Å². The fraction of sp³-hybridized carbons (Fsp3) is 0.381. The molecule has 0 atom stereocenters. The zero-order valence-corrected chi connectivity index (χ0v) is 19.9. The molecule has 0 spiro atoms. The standard InChI is InChI=1S/C21H26BrClN6O/c1-21(2,3)27-20(30)28(4)11-7-10-24-18-12-17(14-8-5-6-9-16(14)23)26-19-15(22)13-25-29(18)19/h5-6,8-9,12-13,24H,7,10-11H2,1-4H3,(H,27,30). The van der Waals surface area contributed by atoms with Gasteiger partial charge < -0.3 is 15.5 Å². The van der Waals surface area contributed by atoms with Crippen molar-refractivity contribution in [3.63, 3.8) is 0 Å². The predicted molar refractivity (Wildman–Crippen MR) is 125 cm³/mol. The number of carbonyl (C=O) groups is 1.